The number of carbonyl (C=O) groups excluding carboxylic acids is 1. The molecule has 0 radical (unpaired) electrons. The molecular weight excluding hydrogens is 250 g/mol. The van der Waals surface area contributed by atoms with Crippen LogP contribution < -0.4 is 11.1 Å². The van der Waals surface area contributed by atoms with E-state index in [1.165, 1.54) is 6.20 Å². The summed E-state index contributed by atoms with van der Waals surface area (Å²) in [4.78, 5) is 15.9. The molecule has 92 valence electrons. The van der Waals surface area contributed by atoms with Crippen molar-refractivity contribution in [3.63, 3.8) is 0 Å². The first-order valence-corrected chi connectivity index (χ1v) is 5.79. The normalized spacial score (nSPS) is 10.1. The third-order valence-corrected chi connectivity index (χ3v) is 2.65. The first kappa shape index (κ1) is 12.5. The molecule has 0 spiro atoms. The van der Waals surface area contributed by atoms with Gasteiger partial charge in [0.1, 0.15) is 5.82 Å². The van der Waals surface area contributed by atoms with Crippen LogP contribution in [-0.2, 0) is 6.54 Å². The lowest BCUT2D eigenvalue weighted by Crippen LogP contribution is -2.13. The van der Waals surface area contributed by atoms with Gasteiger partial charge in [-0.2, -0.15) is 0 Å². The number of hydrogen-bond acceptors (Lipinski definition) is 3. The van der Waals surface area contributed by atoms with Crippen molar-refractivity contribution in [2.24, 2.45) is 5.73 Å². The van der Waals surface area contributed by atoms with E-state index < -0.39 is 0 Å². The number of nitrogens with two attached hydrogens (primary N) is 1. The van der Waals surface area contributed by atoms with E-state index in [0.717, 1.165) is 5.56 Å². The molecule has 0 bridgehead atoms. The first-order valence-electron chi connectivity index (χ1n) is 5.41. The molecule has 5 heteroatoms. The fraction of sp³-hybridized carbons (Fsp3) is 0.0769. The van der Waals surface area contributed by atoms with Crippen LogP contribution in [0.3, 0.4) is 0 Å². The Bertz CT molecular complexity index is 554. The zero-order chi connectivity index (χ0) is 13.0. The van der Waals surface area contributed by atoms with E-state index >= 15 is 0 Å². The maximum atomic E-state index is 11.9. The summed E-state index contributed by atoms with van der Waals surface area (Å²) in [6.07, 6.45) is 1.54. The number of amides is 1. The lowest BCUT2D eigenvalue weighted by atomic mass is 10.1. The number of pyridine rings is 1. The Kier molecular flexibility index (Phi) is 3.92. The predicted molar refractivity (Wildman–Crippen MR) is 71.5 cm³/mol. The number of anilines is 1. The maximum Gasteiger partial charge on any atom is 0.256 e. The van der Waals surface area contributed by atoms with Crippen LogP contribution >= 0.6 is 11.6 Å². The summed E-state index contributed by atoms with van der Waals surface area (Å²) in [5, 5.41) is 3.20. The summed E-state index contributed by atoms with van der Waals surface area (Å²) in [6.45, 7) is 0.456. The topological polar surface area (TPSA) is 68.0 Å². The summed E-state index contributed by atoms with van der Waals surface area (Å²) < 4.78 is 0. The SMILES string of the molecule is NCc1ccc(C(=O)Nc2cc(Cl)ccn2)cc1. The third kappa shape index (κ3) is 3.06. The van der Waals surface area contributed by atoms with Crippen molar-refractivity contribution in [1.82, 2.24) is 4.98 Å². The molecule has 1 aromatic carbocycles. The van der Waals surface area contributed by atoms with Gasteiger partial charge in [-0.05, 0) is 29.8 Å². The lowest BCUT2D eigenvalue weighted by molar-refractivity contribution is 0.102. The number of nitrogens with one attached hydrogen (secondary N) is 1. The number of benzene rings is 1. The van der Waals surface area contributed by atoms with Gasteiger partial charge in [0.2, 0.25) is 0 Å². The van der Waals surface area contributed by atoms with Crippen LogP contribution in [-0.4, -0.2) is 10.9 Å². The average molecular weight is 262 g/mol. The molecule has 0 unspecified atom stereocenters. The standard InChI is InChI=1S/C13H12ClN3O/c14-11-5-6-16-12(7-11)17-13(18)10-3-1-9(8-15)2-4-10/h1-7H,8,15H2,(H,16,17,18). The quantitative estimate of drug-likeness (QED) is 0.892. The highest BCUT2D eigenvalue weighted by molar-refractivity contribution is 6.30. The van der Waals surface area contributed by atoms with Crippen LogP contribution in [0.25, 0.3) is 0 Å². The largest absolute Gasteiger partial charge is 0.326 e. The van der Waals surface area contributed by atoms with Crippen molar-refractivity contribution in [3.8, 4) is 0 Å². The zero-order valence-corrected chi connectivity index (χ0v) is 10.3. The van der Waals surface area contributed by atoms with Crippen molar-refractivity contribution in [1.29, 1.82) is 0 Å². The van der Waals surface area contributed by atoms with Gasteiger partial charge in [0.25, 0.3) is 5.91 Å². The molecule has 0 fully saturated rings. The molecule has 0 saturated heterocycles. The Balaban J connectivity index is 2.11. The van der Waals surface area contributed by atoms with Gasteiger partial charge in [0, 0.05) is 23.3 Å². The van der Waals surface area contributed by atoms with E-state index in [9.17, 15) is 4.79 Å². The summed E-state index contributed by atoms with van der Waals surface area (Å²) in [5.41, 5.74) is 7.02. The van der Waals surface area contributed by atoms with Gasteiger partial charge in [-0.1, -0.05) is 23.7 Å². The minimum Gasteiger partial charge on any atom is -0.326 e. The Morgan fingerprint density at radius 1 is 1.28 bits per heavy atom. The average Bonchev–Trinajstić information content (AvgIpc) is 2.39. The van der Waals surface area contributed by atoms with Crippen LogP contribution in [0.5, 0.6) is 0 Å². The van der Waals surface area contributed by atoms with Crippen molar-refractivity contribution >= 4 is 23.3 Å². The van der Waals surface area contributed by atoms with Crippen LogP contribution in [0.4, 0.5) is 5.82 Å². The molecule has 3 N–H and O–H groups in total. The molecule has 2 aromatic rings. The Morgan fingerprint density at radius 3 is 2.61 bits per heavy atom. The Hall–Kier alpha value is -1.91. The third-order valence-electron chi connectivity index (χ3n) is 2.42. The van der Waals surface area contributed by atoms with E-state index in [4.69, 9.17) is 17.3 Å². The molecule has 1 aromatic heterocycles. The number of rotatable bonds is 3. The molecular formula is C13H12ClN3O. The number of aromatic nitrogens is 1. The molecule has 2 rings (SSSR count). The van der Waals surface area contributed by atoms with Crippen molar-refractivity contribution in [3.05, 3.63) is 58.7 Å². The van der Waals surface area contributed by atoms with E-state index in [1.807, 2.05) is 12.1 Å². The minimum absolute atomic E-state index is 0.228. The van der Waals surface area contributed by atoms with E-state index in [0.29, 0.717) is 22.9 Å². The Labute approximate surface area is 110 Å². The second kappa shape index (κ2) is 5.62. The molecule has 18 heavy (non-hydrogen) atoms. The fourth-order valence-electron chi connectivity index (χ4n) is 1.45. The van der Waals surface area contributed by atoms with E-state index in [-0.39, 0.29) is 5.91 Å². The molecule has 0 aliphatic rings. The minimum atomic E-state index is -0.228. The van der Waals surface area contributed by atoms with Crippen LogP contribution in [0.2, 0.25) is 5.02 Å². The number of nitrogens with zero attached hydrogens (tertiary/aromatic N) is 1. The van der Waals surface area contributed by atoms with Gasteiger partial charge in [-0.3, -0.25) is 4.79 Å². The summed E-state index contributed by atoms with van der Waals surface area (Å²) in [5.74, 6) is 0.198. The van der Waals surface area contributed by atoms with Gasteiger partial charge in [0.15, 0.2) is 0 Å². The van der Waals surface area contributed by atoms with Crippen LogP contribution in [0.15, 0.2) is 42.6 Å². The van der Waals surface area contributed by atoms with Gasteiger partial charge in [-0.25, -0.2) is 4.98 Å². The molecule has 0 aliphatic heterocycles. The van der Waals surface area contributed by atoms with Crippen molar-refractivity contribution in [2.75, 3.05) is 5.32 Å². The van der Waals surface area contributed by atoms with Gasteiger partial charge >= 0.3 is 0 Å². The summed E-state index contributed by atoms with van der Waals surface area (Å²) in [7, 11) is 0. The predicted octanol–water partition coefficient (Wildman–Crippen LogP) is 2.45. The summed E-state index contributed by atoms with van der Waals surface area (Å²) in [6, 6.07) is 10.3. The van der Waals surface area contributed by atoms with E-state index in [1.54, 1.807) is 24.3 Å². The smallest absolute Gasteiger partial charge is 0.256 e. The van der Waals surface area contributed by atoms with Crippen LogP contribution in [0.1, 0.15) is 15.9 Å². The van der Waals surface area contributed by atoms with Crippen LogP contribution in [0, 0.1) is 0 Å². The highest BCUT2D eigenvalue weighted by Crippen LogP contribution is 2.13. The molecule has 1 heterocycles. The monoisotopic (exact) mass is 261 g/mol. The second-order valence-electron chi connectivity index (χ2n) is 3.71. The number of halogens is 1. The molecule has 1 amide bonds. The molecule has 0 saturated carbocycles. The maximum absolute atomic E-state index is 11.9. The zero-order valence-electron chi connectivity index (χ0n) is 9.56. The molecule has 4 nitrogen and oxygen atoms in total. The second-order valence-corrected chi connectivity index (χ2v) is 4.15. The molecule has 0 aliphatic carbocycles. The van der Waals surface area contributed by atoms with E-state index in [2.05, 4.69) is 10.3 Å². The van der Waals surface area contributed by atoms with Gasteiger partial charge < -0.3 is 11.1 Å². The number of carbonyl (C=O) groups is 1. The first-order chi connectivity index (χ1) is 8.69. The number of hydrogen-bond donors (Lipinski definition) is 2. The summed E-state index contributed by atoms with van der Waals surface area (Å²) >= 11 is 5.81. The highest BCUT2D eigenvalue weighted by atomic mass is 35.5. The lowest BCUT2D eigenvalue weighted by Gasteiger charge is -2.05. The van der Waals surface area contributed by atoms with Crippen molar-refractivity contribution < 1.29 is 4.79 Å². The fourth-order valence-corrected chi connectivity index (χ4v) is 1.61. The van der Waals surface area contributed by atoms with Gasteiger partial charge in [0.05, 0.1) is 0 Å². The Morgan fingerprint density at radius 2 is 2.00 bits per heavy atom. The highest BCUT2D eigenvalue weighted by Gasteiger charge is 2.06. The van der Waals surface area contributed by atoms with Crippen molar-refractivity contribution in [2.45, 2.75) is 6.54 Å². The van der Waals surface area contributed by atoms with Gasteiger partial charge in [-0.15, -0.1) is 0 Å². The molecule has 0 atom stereocenters.